The number of methoxy groups -OCH3 is 1. The van der Waals surface area contributed by atoms with Crippen LogP contribution in [0.5, 0.6) is 0 Å². The van der Waals surface area contributed by atoms with Gasteiger partial charge in [-0.25, -0.2) is 8.78 Å². The van der Waals surface area contributed by atoms with Gasteiger partial charge in [0.25, 0.3) is 0 Å². The monoisotopic (exact) mass is 289 g/mol. The molecular formula is C13H17F2NO2S. The second kappa shape index (κ2) is 7.45. The number of ether oxygens (including phenoxy) is 1. The molecule has 0 aromatic heterocycles. The highest BCUT2D eigenvalue weighted by atomic mass is 32.2. The average molecular weight is 289 g/mol. The van der Waals surface area contributed by atoms with E-state index in [-0.39, 0.29) is 12.0 Å². The van der Waals surface area contributed by atoms with Crippen LogP contribution in [-0.2, 0) is 9.53 Å². The lowest BCUT2D eigenvalue weighted by molar-refractivity contribution is -0.142. The van der Waals surface area contributed by atoms with Crippen molar-refractivity contribution in [1.29, 1.82) is 0 Å². The second-order valence-corrected chi connectivity index (χ2v) is 5.38. The number of halogens is 2. The molecule has 0 radical (unpaired) electrons. The second-order valence-electron chi connectivity index (χ2n) is 4.28. The number of carbonyl (C=O) groups is 1. The smallest absolute Gasteiger partial charge is 0.323 e. The molecule has 0 amide bonds. The third-order valence-corrected chi connectivity index (χ3v) is 3.42. The molecule has 1 aromatic rings. The summed E-state index contributed by atoms with van der Waals surface area (Å²) in [6, 6.07) is 3.30. The molecule has 0 aliphatic rings. The normalized spacial score (nSPS) is 12.5. The van der Waals surface area contributed by atoms with Gasteiger partial charge in [0, 0.05) is 16.7 Å². The largest absolute Gasteiger partial charge is 0.468 e. The standard InChI is InChI=1S/C13H17F2NO2S/c1-8(2)16-12(13(17)18-3)7-19-9-4-5-10(14)11(15)6-9/h4-6,8,12,16H,7H2,1-3H3. The van der Waals surface area contributed by atoms with Crippen LogP contribution in [-0.4, -0.2) is 30.9 Å². The molecule has 0 saturated heterocycles. The Morgan fingerprint density at radius 3 is 2.58 bits per heavy atom. The number of rotatable bonds is 6. The van der Waals surface area contributed by atoms with Gasteiger partial charge in [-0.15, -0.1) is 11.8 Å². The summed E-state index contributed by atoms with van der Waals surface area (Å²) in [5, 5.41) is 3.06. The van der Waals surface area contributed by atoms with Gasteiger partial charge in [0.15, 0.2) is 11.6 Å². The van der Waals surface area contributed by atoms with Crippen molar-refractivity contribution in [2.45, 2.75) is 30.8 Å². The van der Waals surface area contributed by atoms with E-state index in [9.17, 15) is 13.6 Å². The lowest BCUT2D eigenvalue weighted by Gasteiger charge is -2.18. The Kier molecular flexibility index (Phi) is 6.24. The predicted molar refractivity (Wildman–Crippen MR) is 71.2 cm³/mol. The topological polar surface area (TPSA) is 38.3 Å². The molecule has 3 nitrogen and oxygen atoms in total. The predicted octanol–water partition coefficient (Wildman–Crippen LogP) is 2.60. The van der Waals surface area contributed by atoms with Crippen LogP contribution in [0.4, 0.5) is 8.78 Å². The molecule has 0 heterocycles. The van der Waals surface area contributed by atoms with Crippen LogP contribution in [0, 0.1) is 11.6 Å². The first-order chi connectivity index (χ1) is 8.93. The first-order valence-corrected chi connectivity index (χ1v) is 6.84. The summed E-state index contributed by atoms with van der Waals surface area (Å²) in [4.78, 5) is 12.1. The van der Waals surface area contributed by atoms with Crippen LogP contribution in [0.15, 0.2) is 23.1 Å². The van der Waals surface area contributed by atoms with Gasteiger partial charge in [-0.05, 0) is 18.2 Å². The average Bonchev–Trinajstić information content (AvgIpc) is 2.37. The Labute approximate surface area is 115 Å². The van der Waals surface area contributed by atoms with Gasteiger partial charge in [-0.2, -0.15) is 0 Å². The summed E-state index contributed by atoms with van der Waals surface area (Å²) < 4.78 is 30.5. The van der Waals surface area contributed by atoms with E-state index in [4.69, 9.17) is 4.74 Å². The minimum Gasteiger partial charge on any atom is -0.468 e. The molecule has 106 valence electrons. The van der Waals surface area contributed by atoms with Crippen molar-refractivity contribution in [2.75, 3.05) is 12.9 Å². The Bertz CT molecular complexity index is 441. The van der Waals surface area contributed by atoms with E-state index in [1.54, 1.807) is 0 Å². The number of benzene rings is 1. The van der Waals surface area contributed by atoms with Crippen molar-refractivity contribution in [3.63, 3.8) is 0 Å². The van der Waals surface area contributed by atoms with Crippen molar-refractivity contribution in [3.05, 3.63) is 29.8 Å². The van der Waals surface area contributed by atoms with Gasteiger partial charge < -0.3 is 10.1 Å². The fourth-order valence-corrected chi connectivity index (χ4v) is 2.42. The zero-order valence-corrected chi connectivity index (χ0v) is 11.9. The number of hydrogen-bond acceptors (Lipinski definition) is 4. The minimum atomic E-state index is -0.892. The van der Waals surface area contributed by atoms with Gasteiger partial charge in [-0.3, -0.25) is 4.79 Å². The molecule has 0 saturated carbocycles. The Hall–Kier alpha value is -1.14. The van der Waals surface area contributed by atoms with Crippen LogP contribution in [0.1, 0.15) is 13.8 Å². The molecule has 0 aliphatic heterocycles. The minimum absolute atomic E-state index is 0.120. The van der Waals surface area contributed by atoms with Crippen LogP contribution >= 0.6 is 11.8 Å². The molecule has 1 rings (SSSR count). The highest BCUT2D eigenvalue weighted by Gasteiger charge is 2.20. The highest BCUT2D eigenvalue weighted by Crippen LogP contribution is 2.21. The van der Waals surface area contributed by atoms with Gasteiger partial charge in [0.1, 0.15) is 6.04 Å². The lowest BCUT2D eigenvalue weighted by atomic mass is 10.3. The zero-order chi connectivity index (χ0) is 14.4. The summed E-state index contributed by atoms with van der Waals surface area (Å²) in [5.74, 6) is -1.76. The molecule has 1 aromatic carbocycles. The Morgan fingerprint density at radius 1 is 1.37 bits per heavy atom. The third-order valence-electron chi connectivity index (χ3n) is 2.33. The highest BCUT2D eigenvalue weighted by molar-refractivity contribution is 7.99. The van der Waals surface area contributed by atoms with E-state index < -0.39 is 17.7 Å². The van der Waals surface area contributed by atoms with E-state index in [1.165, 1.54) is 24.9 Å². The molecule has 1 N–H and O–H groups in total. The van der Waals surface area contributed by atoms with Gasteiger partial charge in [0.2, 0.25) is 0 Å². The van der Waals surface area contributed by atoms with Crippen LogP contribution in [0.3, 0.4) is 0 Å². The van der Waals surface area contributed by atoms with Crippen LogP contribution in [0.2, 0.25) is 0 Å². The summed E-state index contributed by atoms with van der Waals surface area (Å²) in [6.45, 7) is 3.83. The molecule has 0 fully saturated rings. The molecule has 0 bridgehead atoms. The number of carbonyl (C=O) groups excluding carboxylic acids is 1. The SMILES string of the molecule is COC(=O)C(CSc1ccc(F)c(F)c1)NC(C)C. The van der Waals surface area contributed by atoms with Crippen molar-refractivity contribution >= 4 is 17.7 Å². The number of esters is 1. The quantitative estimate of drug-likeness (QED) is 0.645. The van der Waals surface area contributed by atoms with Crippen LogP contribution < -0.4 is 5.32 Å². The van der Waals surface area contributed by atoms with Gasteiger partial charge >= 0.3 is 5.97 Å². The molecule has 6 heteroatoms. The van der Waals surface area contributed by atoms with Crippen molar-refractivity contribution in [3.8, 4) is 0 Å². The Balaban J connectivity index is 2.64. The lowest BCUT2D eigenvalue weighted by Crippen LogP contribution is -2.43. The third kappa shape index (κ3) is 5.16. The first kappa shape index (κ1) is 15.9. The van der Waals surface area contributed by atoms with E-state index in [1.807, 2.05) is 13.8 Å². The fraction of sp³-hybridized carbons (Fsp3) is 0.462. The maximum absolute atomic E-state index is 13.0. The van der Waals surface area contributed by atoms with E-state index in [0.29, 0.717) is 10.6 Å². The van der Waals surface area contributed by atoms with E-state index in [0.717, 1.165) is 12.1 Å². The van der Waals surface area contributed by atoms with Crippen molar-refractivity contribution in [2.24, 2.45) is 0 Å². The zero-order valence-electron chi connectivity index (χ0n) is 11.1. The van der Waals surface area contributed by atoms with Gasteiger partial charge in [-0.1, -0.05) is 13.8 Å². The molecule has 0 spiro atoms. The maximum atomic E-state index is 13.0. The molecule has 19 heavy (non-hydrogen) atoms. The molecule has 1 unspecified atom stereocenters. The summed E-state index contributed by atoms with van der Waals surface area (Å²) in [7, 11) is 1.32. The van der Waals surface area contributed by atoms with E-state index in [2.05, 4.69) is 5.32 Å². The molecule has 0 aliphatic carbocycles. The summed E-state index contributed by atoms with van der Waals surface area (Å²) in [6.07, 6.45) is 0. The number of thioether (sulfide) groups is 1. The number of hydrogen-bond donors (Lipinski definition) is 1. The first-order valence-electron chi connectivity index (χ1n) is 5.85. The van der Waals surface area contributed by atoms with E-state index >= 15 is 0 Å². The van der Waals surface area contributed by atoms with Crippen molar-refractivity contribution in [1.82, 2.24) is 5.32 Å². The fourth-order valence-electron chi connectivity index (χ4n) is 1.48. The number of nitrogens with one attached hydrogen (secondary N) is 1. The maximum Gasteiger partial charge on any atom is 0.323 e. The Morgan fingerprint density at radius 2 is 2.05 bits per heavy atom. The summed E-state index contributed by atoms with van der Waals surface area (Å²) >= 11 is 1.27. The van der Waals surface area contributed by atoms with Crippen LogP contribution in [0.25, 0.3) is 0 Å². The van der Waals surface area contributed by atoms with Crippen molar-refractivity contribution < 1.29 is 18.3 Å². The van der Waals surface area contributed by atoms with Gasteiger partial charge in [0.05, 0.1) is 7.11 Å². The summed E-state index contributed by atoms with van der Waals surface area (Å²) in [5.41, 5.74) is 0. The molecule has 1 atom stereocenters. The molecular weight excluding hydrogens is 272 g/mol.